The van der Waals surface area contributed by atoms with Crippen molar-refractivity contribution in [3.05, 3.63) is 36.5 Å². The number of rotatable bonds is 6. The van der Waals surface area contributed by atoms with Crippen LogP contribution in [0.1, 0.15) is 32.6 Å². The Bertz CT molecular complexity index is 467. The first-order valence-electron chi connectivity index (χ1n) is 6.38. The highest BCUT2D eigenvalue weighted by molar-refractivity contribution is 5.79. The number of benzene rings is 1. The SMILES string of the molecule is CCCCCCOc1ccc2cccnc2c1. The maximum absolute atomic E-state index is 5.72. The molecule has 0 aliphatic carbocycles. The fourth-order valence-electron chi connectivity index (χ4n) is 1.85. The lowest BCUT2D eigenvalue weighted by molar-refractivity contribution is 0.305. The molecule has 0 amide bonds. The Hall–Kier alpha value is -1.57. The Labute approximate surface area is 103 Å². The van der Waals surface area contributed by atoms with Crippen LogP contribution in [-0.4, -0.2) is 11.6 Å². The normalized spacial score (nSPS) is 10.6. The molecule has 0 bridgehead atoms. The van der Waals surface area contributed by atoms with Gasteiger partial charge in [-0.2, -0.15) is 0 Å². The number of pyridine rings is 1. The minimum atomic E-state index is 0.804. The van der Waals surface area contributed by atoms with Crippen molar-refractivity contribution in [3.8, 4) is 5.75 Å². The molecule has 0 spiro atoms. The van der Waals surface area contributed by atoms with Gasteiger partial charge in [-0.1, -0.05) is 32.3 Å². The molecular formula is C15H19NO. The smallest absolute Gasteiger partial charge is 0.121 e. The minimum Gasteiger partial charge on any atom is -0.494 e. The summed E-state index contributed by atoms with van der Waals surface area (Å²) in [5, 5.41) is 1.16. The maximum Gasteiger partial charge on any atom is 0.121 e. The van der Waals surface area contributed by atoms with Crippen LogP contribution in [0, 0.1) is 0 Å². The molecule has 2 heteroatoms. The van der Waals surface area contributed by atoms with Gasteiger partial charge in [0.05, 0.1) is 12.1 Å². The molecule has 1 aromatic carbocycles. The molecular weight excluding hydrogens is 210 g/mol. The van der Waals surface area contributed by atoms with Crippen LogP contribution in [0.15, 0.2) is 36.5 Å². The molecule has 2 rings (SSSR count). The minimum absolute atomic E-state index is 0.804. The molecule has 0 fully saturated rings. The third-order valence-electron chi connectivity index (χ3n) is 2.84. The van der Waals surface area contributed by atoms with E-state index < -0.39 is 0 Å². The fraction of sp³-hybridized carbons (Fsp3) is 0.400. The zero-order valence-corrected chi connectivity index (χ0v) is 10.4. The van der Waals surface area contributed by atoms with Crippen molar-refractivity contribution in [2.24, 2.45) is 0 Å². The fourth-order valence-corrected chi connectivity index (χ4v) is 1.85. The summed E-state index contributed by atoms with van der Waals surface area (Å²) in [5.41, 5.74) is 0.999. The van der Waals surface area contributed by atoms with Gasteiger partial charge in [-0.3, -0.25) is 4.98 Å². The van der Waals surface area contributed by atoms with Gasteiger partial charge in [0.1, 0.15) is 5.75 Å². The molecule has 0 aliphatic heterocycles. The highest BCUT2D eigenvalue weighted by Gasteiger charge is 1.97. The number of unbranched alkanes of at least 4 members (excludes halogenated alkanes) is 3. The van der Waals surface area contributed by atoms with Crippen molar-refractivity contribution in [1.29, 1.82) is 0 Å². The lowest BCUT2D eigenvalue weighted by Gasteiger charge is -2.06. The Morgan fingerprint density at radius 2 is 2.06 bits per heavy atom. The van der Waals surface area contributed by atoms with Crippen LogP contribution < -0.4 is 4.74 Å². The number of ether oxygens (including phenoxy) is 1. The van der Waals surface area contributed by atoms with E-state index in [-0.39, 0.29) is 0 Å². The van der Waals surface area contributed by atoms with Crippen LogP contribution in [-0.2, 0) is 0 Å². The van der Waals surface area contributed by atoms with Gasteiger partial charge in [-0.15, -0.1) is 0 Å². The van der Waals surface area contributed by atoms with Crippen LogP contribution in [0.3, 0.4) is 0 Å². The third-order valence-corrected chi connectivity index (χ3v) is 2.84. The predicted molar refractivity (Wildman–Crippen MR) is 71.4 cm³/mol. The predicted octanol–water partition coefficient (Wildman–Crippen LogP) is 4.19. The summed E-state index contributed by atoms with van der Waals surface area (Å²) in [5.74, 6) is 0.924. The molecule has 1 heterocycles. The van der Waals surface area contributed by atoms with Crippen LogP contribution >= 0.6 is 0 Å². The molecule has 2 nitrogen and oxygen atoms in total. The Morgan fingerprint density at radius 3 is 2.94 bits per heavy atom. The second-order valence-corrected chi connectivity index (χ2v) is 4.27. The quantitative estimate of drug-likeness (QED) is 0.693. The number of hydrogen-bond acceptors (Lipinski definition) is 2. The monoisotopic (exact) mass is 229 g/mol. The van der Waals surface area contributed by atoms with E-state index in [0.717, 1.165) is 29.7 Å². The summed E-state index contributed by atoms with van der Waals surface area (Å²) in [6.07, 6.45) is 6.76. The second-order valence-electron chi connectivity index (χ2n) is 4.27. The van der Waals surface area contributed by atoms with E-state index in [1.165, 1.54) is 19.3 Å². The van der Waals surface area contributed by atoms with E-state index in [0.29, 0.717) is 0 Å². The van der Waals surface area contributed by atoms with Gasteiger partial charge < -0.3 is 4.74 Å². The Kier molecular flexibility index (Phi) is 4.37. The van der Waals surface area contributed by atoms with Crippen molar-refractivity contribution < 1.29 is 4.74 Å². The van der Waals surface area contributed by atoms with Gasteiger partial charge in [0.15, 0.2) is 0 Å². The largest absolute Gasteiger partial charge is 0.494 e. The van der Waals surface area contributed by atoms with E-state index in [4.69, 9.17) is 4.74 Å². The molecule has 0 unspecified atom stereocenters. The summed E-state index contributed by atoms with van der Waals surface area (Å²) in [7, 11) is 0. The second kappa shape index (κ2) is 6.24. The molecule has 1 aromatic heterocycles. The van der Waals surface area contributed by atoms with Crippen LogP contribution in [0.5, 0.6) is 5.75 Å². The van der Waals surface area contributed by atoms with Crippen LogP contribution in [0.4, 0.5) is 0 Å². The highest BCUT2D eigenvalue weighted by Crippen LogP contribution is 2.18. The van der Waals surface area contributed by atoms with Gasteiger partial charge in [-0.25, -0.2) is 0 Å². The summed E-state index contributed by atoms with van der Waals surface area (Å²) in [6, 6.07) is 10.1. The molecule has 0 saturated heterocycles. The van der Waals surface area contributed by atoms with Crippen molar-refractivity contribution in [2.45, 2.75) is 32.6 Å². The van der Waals surface area contributed by atoms with Crippen LogP contribution in [0.2, 0.25) is 0 Å². The Balaban J connectivity index is 1.90. The van der Waals surface area contributed by atoms with E-state index in [9.17, 15) is 0 Å². The average Bonchev–Trinajstić information content (AvgIpc) is 2.38. The van der Waals surface area contributed by atoms with Crippen LogP contribution in [0.25, 0.3) is 10.9 Å². The van der Waals surface area contributed by atoms with Gasteiger partial charge in [0.25, 0.3) is 0 Å². The van der Waals surface area contributed by atoms with E-state index in [1.807, 2.05) is 24.4 Å². The maximum atomic E-state index is 5.72. The molecule has 0 atom stereocenters. The van der Waals surface area contributed by atoms with E-state index in [1.54, 1.807) is 0 Å². The van der Waals surface area contributed by atoms with Crippen molar-refractivity contribution in [1.82, 2.24) is 4.98 Å². The molecule has 0 saturated carbocycles. The topological polar surface area (TPSA) is 22.1 Å². The highest BCUT2D eigenvalue weighted by atomic mass is 16.5. The molecule has 2 aromatic rings. The standard InChI is InChI=1S/C15H19NO/c1-2-3-4-5-11-17-14-9-8-13-7-6-10-16-15(13)12-14/h6-10,12H,2-5,11H2,1H3. The zero-order chi connectivity index (χ0) is 11.9. The first kappa shape index (κ1) is 11.9. The van der Waals surface area contributed by atoms with Crippen molar-refractivity contribution in [2.75, 3.05) is 6.61 Å². The van der Waals surface area contributed by atoms with Crippen molar-refractivity contribution >= 4 is 10.9 Å². The number of hydrogen-bond donors (Lipinski definition) is 0. The first-order valence-corrected chi connectivity index (χ1v) is 6.38. The Morgan fingerprint density at radius 1 is 1.12 bits per heavy atom. The van der Waals surface area contributed by atoms with E-state index in [2.05, 4.69) is 24.0 Å². The summed E-state index contributed by atoms with van der Waals surface area (Å²) in [4.78, 5) is 4.32. The third kappa shape index (κ3) is 3.45. The van der Waals surface area contributed by atoms with Crippen molar-refractivity contribution in [3.63, 3.8) is 0 Å². The molecule has 0 radical (unpaired) electrons. The van der Waals surface area contributed by atoms with Gasteiger partial charge >= 0.3 is 0 Å². The molecule has 0 aliphatic rings. The summed E-state index contributed by atoms with van der Waals surface area (Å²) >= 11 is 0. The van der Waals surface area contributed by atoms with Gasteiger partial charge in [0.2, 0.25) is 0 Å². The summed E-state index contributed by atoms with van der Waals surface area (Å²) < 4.78 is 5.72. The van der Waals surface area contributed by atoms with Gasteiger partial charge in [-0.05, 0) is 24.6 Å². The summed E-state index contributed by atoms with van der Waals surface area (Å²) in [6.45, 7) is 3.02. The zero-order valence-electron chi connectivity index (χ0n) is 10.4. The average molecular weight is 229 g/mol. The molecule has 17 heavy (non-hydrogen) atoms. The van der Waals surface area contributed by atoms with E-state index >= 15 is 0 Å². The number of aromatic nitrogens is 1. The molecule has 90 valence electrons. The molecule has 0 N–H and O–H groups in total. The number of fused-ring (bicyclic) bond motifs is 1. The number of nitrogens with zero attached hydrogens (tertiary/aromatic N) is 1. The lowest BCUT2D eigenvalue weighted by atomic mass is 10.2. The first-order chi connectivity index (χ1) is 8.40. The lowest BCUT2D eigenvalue weighted by Crippen LogP contribution is -1.97. The van der Waals surface area contributed by atoms with Gasteiger partial charge in [0, 0.05) is 17.6 Å².